The van der Waals surface area contributed by atoms with Gasteiger partial charge in [0.2, 0.25) is 0 Å². The van der Waals surface area contributed by atoms with Crippen molar-refractivity contribution in [2.24, 2.45) is 0 Å². The second kappa shape index (κ2) is 7.75. The molecule has 1 atom stereocenters. The van der Waals surface area contributed by atoms with Crippen molar-refractivity contribution in [3.05, 3.63) is 54.1 Å². The fourth-order valence-electron chi connectivity index (χ4n) is 2.83. The molecule has 3 rings (SSSR count). The molecule has 0 aromatic heterocycles. The fourth-order valence-corrected chi connectivity index (χ4v) is 6.36. The summed E-state index contributed by atoms with van der Waals surface area (Å²) >= 11 is 1.59. The molecule has 0 fully saturated rings. The first-order chi connectivity index (χ1) is 12.6. The van der Waals surface area contributed by atoms with Crippen LogP contribution in [0.5, 0.6) is 5.75 Å². The lowest BCUT2D eigenvalue weighted by molar-refractivity contribution is -0.157. The minimum absolute atomic E-state index is 0.0857. The van der Waals surface area contributed by atoms with Crippen LogP contribution in [0.1, 0.15) is 31.6 Å². The highest BCUT2D eigenvalue weighted by Crippen LogP contribution is 2.63. The smallest absolute Gasteiger partial charge is 0.344 e. The molecule has 146 valence electrons. The molecule has 2 aromatic carbocycles. The maximum absolute atomic E-state index is 11.8. The summed E-state index contributed by atoms with van der Waals surface area (Å²) in [6.07, 6.45) is 0. The van der Waals surface area contributed by atoms with Gasteiger partial charge in [0.1, 0.15) is 11.4 Å². The van der Waals surface area contributed by atoms with E-state index in [1.165, 1.54) is 0 Å². The molecule has 2 aromatic rings. The molecule has 1 unspecified atom stereocenters. The Morgan fingerprint density at radius 1 is 1.19 bits per heavy atom. The molecular weight excluding hydrogens is 384 g/mol. The predicted molar refractivity (Wildman–Crippen MR) is 109 cm³/mol. The molecule has 2 N–H and O–H groups in total. The number of fused-ring (bicyclic) bond motifs is 1. The summed E-state index contributed by atoms with van der Waals surface area (Å²) in [5.74, 6) is 0.343. The minimum Gasteiger partial charge on any atom is -0.482 e. The Morgan fingerprint density at radius 3 is 2.56 bits per heavy atom. The molecule has 0 bridgehead atoms. The number of carbonyl (C=O) groups is 1. The van der Waals surface area contributed by atoms with Crippen molar-refractivity contribution >= 4 is 28.3 Å². The minimum atomic E-state index is -2.81. The van der Waals surface area contributed by atoms with Crippen LogP contribution in [-0.2, 0) is 9.53 Å². The highest BCUT2D eigenvalue weighted by atomic mass is 32.3. The van der Waals surface area contributed by atoms with Crippen molar-refractivity contribution in [3.8, 4) is 5.75 Å². The van der Waals surface area contributed by atoms with Crippen molar-refractivity contribution in [2.45, 2.75) is 41.4 Å². The summed E-state index contributed by atoms with van der Waals surface area (Å²) in [5, 5.41) is -0.0857. The van der Waals surface area contributed by atoms with E-state index < -0.39 is 22.2 Å². The lowest BCUT2D eigenvalue weighted by Gasteiger charge is -2.27. The number of ether oxygens (including phenoxy) is 2. The van der Waals surface area contributed by atoms with E-state index in [0.29, 0.717) is 10.6 Å². The molecule has 0 saturated heterocycles. The first-order valence-corrected chi connectivity index (χ1v) is 11.2. The second-order valence-corrected chi connectivity index (χ2v) is 10.7. The van der Waals surface area contributed by atoms with Gasteiger partial charge in [0.25, 0.3) is 0 Å². The summed E-state index contributed by atoms with van der Waals surface area (Å²) in [4.78, 5) is 13.5. The van der Waals surface area contributed by atoms with E-state index in [2.05, 4.69) is 0 Å². The summed E-state index contributed by atoms with van der Waals surface area (Å²) in [6, 6.07) is 15.0. The average molecular weight is 409 g/mol. The molecule has 1 aliphatic heterocycles. The zero-order valence-corrected chi connectivity index (χ0v) is 17.2. The third-order valence-corrected chi connectivity index (χ3v) is 7.20. The van der Waals surface area contributed by atoms with Gasteiger partial charge in [-0.25, -0.2) is 4.79 Å². The molecule has 0 amide bonds. The normalized spacial score (nSPS) is 19.2. The van der Waals surface area contributed by atoms with Crippen molar-refractivity contribution in [3.63, 3.8) is 0 Å². The molecule has 0 spiro atoms. The summed E-state index contributed by atoms with van der Waals surface area (Å²) in [6.45, 7) is 5.21. The van der Waals surface area contributed by atoms with E-state index in [0.717, 1.165) is 10.5 Å². The van der Waals surface area contributed by atoms with Gasteiger partial charge in [-0.15, -0.1) is 11.8 Å². The molecule has 5 nitrogen and oxygen atoms in total. The highest BCUT2D eigenvalue weighted by Gasteiger charge is 2.36. The SMILES string of the molecule is CC(C)(C)OC(=O)COc1ccc2c(c1)C(Sc1ccccc1)CS2(O)O. The van der Waals surface area contributed by atoms with Gasteiger partial charge in [0.05, 0.1) is 15.9 Å². The van der Waals surface area contributed by atoms with Gasteiger partial charge in [-0.3, -0.25) is 9.11 Å². The maximum atomic E-state index is 11.8. The van der Waals surface area contributed by atoms with Gasteiger partial charge in [-0.1, -0.05) is 18.2 Å². The summed E-state index contributed by atoms with van der Waals surface area (Å²) in [5.41, 5.74) is 0.276. The number of benzene rings is 2. The Kier molecular flexibility index (Phi) is 5.76. The van der Waals surface area contributed by atoms with Crippen LogP contribution in [0.15, 0.2) is 58.3 Å². The first-order valence-electron chi connectivity index (χ1n) is 8.60. The van der Waals surface area contributed by atoms with Crippen molar-refractivity contribution < 1.29 is 23.4 Å². The largest absolute Gasteiger partial charge is 0.482 e. The Morgan fingerprint density at radius 2 is 1.89 bits per heavy atom. The molecule has 0 aliphatic carbocycles. The van der Waals surface area contributed by atoms with E-state index in [9.17, 15) is 13.9 Å². The lowest BCUT2D eigenvalue weighted by Crippen LogP contribution is -2.27. The predicted octanol–water partition coefficient (Wildman–Crippen LogP) is 5.36. The van der Waals surface area contributed by atoms with Crippen LogP contribution in [0.3, 0.4) is 0 Å². The number of carbonyl (C=O) groups excluding carboxylic acids is 1. The van der Waals surface area contributed by atoms with Crippen molar-refractivity contribution in [2.75, 3.05) is 12.4 Å². The van der Waals surface area contributed by atoms with Gasteiger partial charge in [-0.2, -0.15) is 10.6 Å². The van der Waals surface area contributed by atoms with Gasteiger partial charge < -0.3 is 9.47 Å². The van der Waals surface area contributed by atoms with E-state index in [4.69, 9.17) is 9.47 Å². The number of thioether (sulfide) groups is 1. The van der Waals surface area contributed by atoms with Crippen LogP contribution < -0.4 is 4.74 Å². The number of esters is 1. The lowest BCUT2D eigenvalue weighted by atomic mass is 10.1. The van der Waals surface area contributed by atoms with Crippen LogP contribution in [0.2, 0.25) is 0 Å². The van der Waals surface area contributed by atoms with Crippen molar-refractivity contribution in [1.82, 2.24) is 0 Å². The Bertz CT molecular complexity index is 815. The molecule has 1 heterocycles. The van der Waals surface area contributed by atoms with Crippen LogP contribution in [0.4, 0.5) is 0 Å². The molecule has 27 heavy (non-hydrogen) atoms. The number of hydrogen-bond acceptors (Lipinski definition) is 6. The van der Waals surface area contributed by atoms with Gasteiger partial charge in [-0.05, 0) is 56.7 Å². The zero-order valence-electron chi connectivity index (χ0n) is 15.5. The van der Waals surface area contributed by atoms with E-state index >= 15 is 0 Å². The Hall–Kier alpha value is -1.67. The average Bonchev–Trinajstić information content (AvgIpc) is 2.82. The van der Waals surface area contributed by atoms with Gasteiger partial charge >= 0.3 is 5.97 Å². The topological polar surface area (TPSA) is 76.0 Å². The van der Waals surface area contributed by atoms with Crippen LogP contribution in [-0.4, -0.2) is 33.0 Å². The second-order valence-electron chi connectivity index (χ2n) is 7.33. The van der Waals surface area contributed by atoms with Crippen LogP contribution >= 0.6 is 22.4 Å². The van der Waals surface area contributed by atoms with Crippen molar-refractivity contribution in [1.29, 1.82) is 0 Å². The molecule has 7 heteroatoms. The number of rotatable bonds is 5. The number of hydrogen-bond donors (Lipinski definition) is 2. The quantitative estimate of drug-likeness (QED) is 0.648. The van der Waals surface area contributed by atoms with Crippen LogP contribution in [0.25, 0.3) is 0 Å². The van der Waals surface area contributed by atoms with E-state index in [1.54, 1.807) is 50.7 Å². The standard InChI is InChI=1S/C20H24O5S2/c1-20(2,3)25-19(21)12-24-14-9-10-18-16(11-14)17(13-27(18,22)23)26-15-7-5-4-6-8-15/h4-11,17,22-23H,12-13H2,1-3H3. The fraction of sp³-hybridized carbons (Fsp3) is 0.350. The summed E-state index contributed by atoms with van der Waals surface area (Å²) in [7, 11) is -2.81. The molecule has 0 saturated carbocycles. The molecule has 1 aliphatic rings. The molecular formula is C20H24O5S2. The maximum Gasteiger partial charge on any atom is 0.344 e. The Balaban J connectivity index is 1.75. The third-order valence-electron chi connectivity index (χ3n) is 3.86. The zero-order chi connectivity index (χ0) is 19.7. The monoisotopic (exact) mass is 408 g/mol. The first kappa shape index (κ1) is 20.1. The highest BCUT2D eigenvalue weighted by molar-refractivity contribution is 8.25. The van der Waals surface area contributed by atoms with Crippen LogP contribution in [0, 0.1) is 0 Å². The van der Waals surface area contributed by atoms with Gasteiger partial charge in [0.15, 0.2) is 6.61 Å². The van der Waals surface area contributed by atoms with E-state index in [-0.39, 0.29) is 17.6 Å². The van der Waals surface area contributed by atoms with E-state index in [1.807, 2.05) is 30.3 Å². The summed E-state index contributed by atoms with van der Waals surface area (Å²) < 4.78 is 31.7. The van der Waals surface area contributed by atoms with Gasteiger partial charge in [0, 0.05) is 4.90 Å². The Labute approximate surface area is 165 Å². The molecule has 0 radical (unpaired) electrons. The third kappa shape index (κ3) is 5.19.